The second kappa shape index (κ2) is 7.68. The second-order valence-corrected chi connectivity index (χ2v) is 6.89. The predicted molar refractivity (Wildman–Crippen MR) is 99.9 cm³/mol. The molecule has 0 radical (unpaired) electrons. The quantitative estimate of drug-likeness (QED) is 0.847. The molecule has 0 aliphatic carbocycles. The molecular formula is C21H25NO4. The zero-order valence-electron chi connectivity index (χ0n) is 15.7. The number of fused-ring (bicyclic) bond motifs is 1. The van der Waals surface area contributed by atoms with Gasteiger partial charge in [-0.1, -0.05) is 32.0 Å². The van der Waals surface area contributed by atoms with Gasteiger partial charge in [0.25, 0.3) is 5.91 Å². The molecule has 1 heterocycles. The molecule has 5 nitrogen and oxygen atoms in total. The van der Waals surface area contributed by atoms with Gasteiger partial charge in [0.1, 0.15) is 5.75 Å². The maximum atomic E-state index is 12.3. The molecule has 0 spiro atoms. The fraction of sp³-hybridized carbons (Fsp3) is 0.381. The molecule has 3 rings (SSSR count). The van der Waals surface area contributed by atoms with Gasteiger partial charge in [0.05, 0.1) is 6.04 Å². The first-order valence-corrected chi connectivity index (χ1v) is 8.86. The molecule has 26 heavy (non-hydrogen) atoms. The van der Waals surface area contributed by atoms with Crippen LogP contribution in [0.15, 0.2) is 36.4 Å². The lowest BCUT2D eigenvalue weighted by Gasteiger charge is -2.17. The van der Waals surface area contributed by atoms with Crippen molar-refractivity contribution >= 4 is 5.91 Å². The lowest BCUT2D eigenvalue weighted by atomic mass is 10.0. The van der Waals surface area contributed by atoms with E-state index in [1.54, 1.807) is 0 Å². The highest BCUT2D eigenvalue weighted by Crippen LogP contribution is 2.34. The van der Waals surface area contributed by atoms with Gasteiger partial charge in [0, 0.05) is 0 Å². The van der Waals surface area contributed by atoms with Crippen molar-refractivity contribution in [1.82, 2.24) is 5.32 Å². The summed E-state index contributed by atoms with van der Waals surface area (Å²) < 4.78 is 16.5. The summed E-state index contributed by atoms with van der Waals surface area (Å²) in [7, 11) is 0. The van der Waals surface area contributed by atoms with E-state index in [2.05, 4.69) is 31.3 Å². The van der Waals surface area contributed by atoms with Gasteiger partial charge in [-0.3, -0.25) is 4.79 Å². The molecule has 1 unspecified atom stereocenters. The Balaban J connectivity index is 1.60. The summed E-state index contributed by atoms with van der Waals surface area (Å²) in [6.07, 6.45) is 0. The van der Waals surface area contributed by atoms with E-state index in [1.165, 1.54) is 0 Å². The summed E-state index contributed by atoms with van der Waals surface area (Å²) in [5.41, 5.74) is 3.17. The highest BCUT2D eigenvalue weighted by atomic mass is 16.7. The summed E-state index contributed by atoms with van der Waals surface area (Å²) in [6, 6.07) is 11.6. The van der Waals surface area contributed by atoms with Gasteiger partial charge in [-0.2, -0.15) is 0 Å². The minimum absolute atomic E-state index is 0.0158. The van der Waals surface area contributed by atoms with Crippen LogP contribution in [0.2, 0.25) is 0 Å². The first kappa shape index (κ1) is 18.1. The Kier molecular flexibility index (Phi) is 5.35. The number of benzene rings is 2. The second-order valence-electron chi connectivity index (χ2n) is 6.89. The van der Waals surface area contributed by atoms with E-state index in [0.717, 1.165) is 28.2 Å². The van der Waals surface area contributed by atoms with Crippen molar-refractivity contribution in [3.8, 4) is 17.2 Å². The SMILES string of the molecule is Cc1ccc(C(C)C)c(OCC(=O)NC(C)c2ccc3c(c2)OCO3)c1. The predicted octanol–water partition coefficient (Wildman–Crippen LogP) is 4.10. The van der Waals surface area contributed by atoms with Crippen LogP contribution in [0.25, 0.3) is 0 Å². The fourth-order valence-electron chi connectivity index (χ4n) is 2.94. The van der Waals surface area contributed by atoms with Crippen LogP contribution >= 0.6 is 0 Å². The van der Waals surface area contributed by atoms with Gasteiger partial charge in [-0.15, -0.1) is 0 Å². The minimum Gasteiger partial charge on any atom is -0.483 e. The number of hydrogen-bond donors (Lipinski definition) is 1. The van der Waals surface area contributed by atoms with E-state index >= 15 is 0 Å². The Bertz CT molecular complexity index is 801. The highest BCUT2D eigenvalue weighted by Gasteiger charge is 2.17. The van der Waals surface area contributed by atoms with Crippen molar-refractivity contribution < 1.29 is 19.0 Å². The molecule has 0 saturated carbocycles. The molecule has 1 N–H and O–H groups in total. The molecule has 1 atom stereocenters. The number of aryl methyl sites for hydroxylation is 1. The highest BCUT2D eigenvalue weighted by molar-refractivity contribution is 5.78. The summed E-state index contributed by atoms with van der Waals surface area (Å²) in [4.78, 5) is 12.3. The van der Waals surface area contributed by atoms with Crippen molar-refractivity contribution in [3.63, 3.8) is 0 Å². The van der Waals surface area contributed by atoms with Gasteiger partial charge in [-0.25, -0.2) is 0 Å². The molecule has 0 fully saturated rings. The lowest BCUT2D eigenvalue weighted by Crippen LogP contribution is -2.31. The largest absolute Gasteiger partial charge is 0.483 e. The van der Waals surface area contributed by atoms with E-state index < -0.39 is 0 Å². The third-order valence-electron chi connectivity index (χ3n) is 4.42. The van der Waals surface area contributed by atoms with E-state index in [0.29, 0.717) is 11.7 Å². The Morgan fingerprint density at radius 1 is 1.12 bits per heavy atom. The van der Waals surface area contributed by atoms with Gasteiger partial charge in [0.15, 0.2) is 18.1 Å². The maximum absolute atomic E-state index is 12.3. The molecule has 0 bridgehead atoms. The molecule has 1 aliphatic rings. The Hall–Kier alpha value is -2.69. The van der Waals surface area contributed by atoms with Crippen LogP contribution in [0.4, 0.5) is 0 Å². The van der Waals surface area contributed by atoms with E-state index in [4.69, 9.17) is 14.2 Å². The minimum atomic E-state index is -0.161. The normalized spacial score (nSPS) is 13.6. The van der Waals surface area contributed by atoms with E-state index in [9.17, 15) is 4.79 Å². The number of amides is 1. The van der Waals surface area contributed by atoms with Crippen molar-refractivity contribution in [2.75, 3.05) is 13.4 Å². The van der Waals surface area contributed by atoms with Crippen molar-refractivity contribution in [2.45, 2.75) is 39.7 Å². The average molecular weight is 355 g/mol. The zero-order chi connectivity index (χ0) is 18.7. The standard InChI is InChI=1S/C21H25NO4/c1-13(2)17-7-5-14(3)9-19(17)24-11-21(23)22-15(4)16-6-8-18-20(10-16)26-12-25-18/h5-10,13,15H,11-12H2,1-4H3,(H,22,23). The molecule has 138 valence electrons. The van der Waals surface area contributed by atoms with Crippen LogP contribution in [0.5, 0.6) is 17.2 Å². The topological polar surface area (TPSA) is 56.8 Å². The van der Waals surface area contributed by atoms with Crippen LogP contribution in [0.3, 0.4) is 0 Å². The summed E-state index contributed by atoms with van der Waals surface area (Å²) in [5.74, 6) is 2.39. The summed E-state index contributed by atoms with van der Waals surface area (Å²) in [6.45, 7) is 8.39. The Labute approximate surface area is 154 Å². The molecule has 2 aromatic rings. The molecule has 1 aliphatic heterocycles. The number of ether oxygens (including phenoxy) is 3. The van der Waals surface area contributed by atoms with Crippen molar-refractivity contribution in [1.29, 1.82) is 0 Å². The van der Waals surface area contributed by atoms with Crippen LogP contribution in [-0.4, -0.2) is 19.3 Å². The number of rotatable bonds is 6. The first-order valence-electron chi connectivity index (χ1n) is 8.86. The zero-order valence-corrected chi connectivity index (χ0v) is 15.7. The van der Waals surface area contributed by atoms with Gasteiger partial charge in [-0.05, 0) is 54.7 Å². The third kappa shape index (κ3) is 4.10. The van der Waals surface area contributed by atoms with Crippen LogP contribution in [0.1, 0.15) is 49.4 Å². The summed E-state index contributed by atoms with van der Waals surface area (Å²) >= 11 is 0. The molecule has 5 heteroatoms. The summed E-state index contributed by atoms with van der Waals surface area (Å²) in [5, 5.41) is 2.96. The van der Waals surface area contributed by atoms with Crippen LogP contribution in [-0.2, 0) is 4.79 Å². The lowest BCUT2D eigenvalue weighted by molar-refractivity contribution is -0.123. The first-order chi connectivity index (χ1) is 12.4. The van der Waals surface area contributed by atoms with Crippen LogP contribution in [0, 0.1) is 6.92 Å². The molecule has 0 aromatic heterocycles. The van der Waals surface area contributed by atoms with Crippen molar-refractivity contribution in [3.05, 3.63) is 53.1 Å². The monoisotopic (exact) mass is 355 g/mol. The smallest absolute Gasteiger partial charge is 0.258 e. The van der Waals surface area contributed by atoms with Gasteiger partial charge in [0.2, 0.25) is 6.79 Å². The molecule has 1 amide bonds. The number of nitrogens with one attached hydrogen (secondary N) is 1. The average Bonchev–Trinajstić information content (AvgIpc) is 3.07. The Morgan fingerprint density at radius 3 is 2.65 bits per heavy atom. The fourth-order valence-corrected chi connectivity index (χ4v) is 2.94. The van der Waals surface area contributed by atoms with Crippen molar-refractivity contribution in [2.24, 2.45) is 0 Å². The third-order valence-corrected chi connectivity index (χ3v) is 4.42. The number of carbonyl (C=O) groups excluding carboxylic acids is 1. The van der Waals surface area contributed by atoms with Gasteiger partial charge >= 0.3 is 0 Å². The molecule has 0 saturated heterocycles. The van der Waals surface area contributed by atoms with E-state index in [-0.39, 0.29) is 25.3 Å². The van der Waals surface area contributed by atoms with Crippen LogP contribution < -0.4 is 19.5 Å². The molecular weight excluding hydrogens is 330 g/mol. The number of hydrogen-bond acceptors (Lipinski definition) is 4. The van der Waals surface area contributed by atoms with Gasteiger partial charge < -0.3 is 19.5 Å². The molecule has 2 aromatic carbocycles. The Morgan fingerprint density at radius 2 is 1.88 bits per heavy atom. The van der Waals surface area contributed by atoms with E-state index in [1.807, 2.05) is 38.1 Å². The number of carbonyl (C=O) groups is 1. The maximum Gasteiger partial charge on any atom is 0.258 e.